The van der Waals surface area contributed by atoms with Gasteiger partial charge in [-0.1, -0.05) is 31.4 Å². The Kier molecular flexibility index (Phi) is 9.56. The Morgan fingerprint density at radius 3 is 2.60 bits per heavy atom. The first-order valence-corrected chi connectivity index (χ1v) is 8.63. The molecule has 1 aromatic heterocycles. The minimum Gasteiger partial charge on any atom is -0.382 e. The van der Waals surface area contributed by atoms with E-state index in [0.29, 0.717) is 6.54 Å². The summed E-state index contributed by atoms with van der Waals surface area (Å²) in [7, 11) is 0. The number of nitrogens with two attached hydrogens (primary N) is 2. The molecule has 0 unspecified atom stereocenters. The molecule has 0 aromatic carbocycles. The molecule has 1 aromatic rings. The lowest BCUT2D eigenvalue weighted by molar-refractivity contribution is 0.0971. The van der Waals surface area contributed by atoms with Gasteiger partial charge in [0.25, 0.3) is 5.91 Å². The van der Waals surface area contributed by atoms with E-state index in [0.717, 1.165) is 45.3 Å². The third-order valence-electron chi connectivity index (χ3n) is 3.22. The van der Waals surface area contributed by atoms with Crippen molar-refractivity contribution < 1.29 is 9.53 Å². The number of nitrogens with one attached hydrogen (secondary N) is 3. The van der Waals surface area contributed by atoms with Crippen LogP contribution in [-0.4, -0.2) is 41.6 Å². The number of hydrogen-bond donors (Lipinski definition) is 5. The lowest BCUT2D eigenvalue weighted by Crippen LogP contribution is -2.41. The fourth-order valence-electron chi connectivity index (χ4n) is 1.97. The monoisotopic (exact) mass is 371 g/mol. The Morgan fingerprint density at radius 2 is 1.88 bits per heavy atom. The summed E-state index contributed by atoms with van der Waals surface area (Å²) < 4.78 is 5.40. The maximum atomic E-state index is 12.0. The Morgan fingerprint density at radius 1 is 1.16 bits per heavy atom. The largest absolute Gasteiger partial charge is 0.382 e. The SMILES string of the molecule is CCCOCCCCCCNC(=N)NC(=O)c1nc(Cl)c(N)nc1N. The van der Waals surface area contributed by atoms with Crippen LogP contribution in [0, 0.1) is 5.41 Å². The predicted molar refractivity (Wildman–Crippen MR) is 98.6 cm³/mol. The van der Waals surface area contributed by atoms with E-state index in [4.69, 9.17) is 33.2 Å². The minimum absolute atomic E-state index is 0.0518. The molecule has 1 amide bonds. The molecule has 0 aliphatic carbocycles. The van der Waals surface area contributed by atoms with Gasteiger partial charge in [0.1, 0.15) is 0 Å². The summed E-state index contributed by atoms with van der Waals surface area (Å²) in [6, 6.07) is 0. The van der Waals surface area contributed by atoms with Gasteiger partial charge in [-0.25, -0.2) is 9.97 Å². The van der Waals surface area contributed by atoms with Crippen molar-refractivity contribution in [1.82, 2.24) is 20.6 Å². The molecule has 0 fully saturated rings. The standard InChI is InChI=1S/C15H26ClN7O2/c1-2-8-25-9-6-4-3-5-7-20-15(19)23-14(24)10-12(17)22-13(18)11(16)21-10/h2-9H2,1H3,(H4,17,18,22)(H3,19,20,23,24). The molecule has 0 atom stereocenters. The quantitative estimate of drug-likeness (QED) is 0.237. The molecule has 1 rings (SSSR count). The van der Waals surface area contributed by atoms with E-state index in [9.17, 15) is 4.79 Å². The smallest absolute Gasteiger partial charge is 0.280 e. The van der Waals surface area contributed by atoms with Crippen LogP contribution in [0.3, 0.4) is 0 Å². The van der Waals surface area contributed by atoms with E-state index in [1.54, 1.807) is 0 Å². The molecule has 0 aliphatic rings. The molecule has 9 nitrogen and oxygen atoms in total. The summed E-state index contributed by atoms with van der Waals surface area (Å²) in [5.41, 5.74) is 10.9. The highest BCUT2D eigenvalue weighted by atomic mass is 35.5. The van der Waals surface area contributed by atoms with Gasteiger partial charge >= 0.3 is 0 Å². The van der Waals surface area contributed by atoms with E-state index in [1.165, 1.54) is 0 Å². The van der Waals surface area contributed by atoms with Crippen molar-refractivity contribution in [2.24, 2.45) is 0 Å². The minimum atomic E-state index is -0.669. The van der Waals surface area contributed by atoms with Crippen LogP contribution in [0.5, 0.6) is 0 Å². The number of anilines is 2. The van der Waals surface area contributed by atoms with Crippen LogP contribution in [0.25, 0.3) is 0 Å². The number of guanidine groups is 1. The second kappa shape index (κ2) is 11.4. The number of amides is 1. The number of aromatic nitrogens is 2. The van der Waals surface area contributed by atoms with Crippen molar-refractivity contribution in [2.75, 3.05) is 31.2 Å². The molecule has 10 heteroatoms. The fraction of sp³-hybridized carbons (Fsp3) is 0.600. The number of halogens is 1. The van der Waals surface area contributed by atoms with Gasteiger partial charge < -0.3 is 21.5 Å². The van der Waals surface area contributed by atoms with Crippen LogP contribution < -0.4 is 22.1 Å². The zero-order valence-electron chi connectivity index (χ0n) is 14.4. The molecule has 25 heavy (non-hydrogen) atoms. The average Bonchev–Trinajstić information content (AvgIpc) is 2.56. The molecule has 140 valence electrons. The maximum Gasteiger partial charge on any atom is 0.280 e. The van der Waals surface area contributed by atoms with Gasteiger partial charge in [-0.2, -0.15) is 0 Å². The fourth-order valence-corrected chi connectivity index (χ4v) is 2.09. The lowest BCUT2D eigenvalue weighted by Gasteiger charge is -2.10. The topological polar surface area (TPSA) is 152 Å². The highest BCUT2D eigenvalue weighted by Crippen LogP contribution is 2.17. The Bertz CT molecular complexity index is 583. The second-order valence-corrected chi connectivity index (χ2v) is 5.77. The van der Waals surface area contributed by atoms with Gasteiger partial charge in [0.05, 0.1) is 0 Å². The molecular weight excluding hydrogens is 346 g/mol. The second-order valence-electron chi connectivity index (χ2n) is 5.42. The Hall–Kier alpha value is -2.13. The van der Waals surface area contributed by atoms with E-state index in [1.807, 2.05) is 0 Å². The molecular formula is C15H26ClN7O2. The number of unbranched alkanes of at least 4 members (excludes halogenated alkanes) is 3. The first kappa shape index (κ1) is 20.9. The Balaban J connectivity index is 2.22. The van der Waals surface area contributed by atoms with Gasteiger partial charge in [-0.3, -0.25) is 15.5 Å². The normalized spacial score (nSPS) is 10.5. The van der Waals surface area contributed by atoms with E-state index in [-0.39, 0.29) is 28.4 Å². The van der Waals surface area contributed by atoms with Crippen molar-refractivity contribution in [3.05, 3.63) is 10.8 Å². The summed E-state index contributed by atoms with van der Waals surface area (Å²) in [5, 5.41) is 12.8. The van der Waals surface area contributed by atoms with Crippen LogP contribution >= 0.6 is 11.6 Å². The van der Waals surface area contributed by atoms with E-state index in [2.05, 4.69) is 27.5 Å². The average molecular weight is 372 g/mol. The molecule has 0 spiro atoms. The third-order valence-corrected chi connectivity index (χ3v) is 3.50. The van der Waals surface area contributed by atoms with Crippen LogP contribution in [0.2, 0.25) is 5.15 Å². The summed E-state index contributed by atoms with van der Waals surface area (Å²) in [5.74, 6) is -0.996. The number of nitrogen functional groups attached to an aromatic ring is 2. The van der Waals surface area contributed by atoms with Crippen molar-refractivity contribution in [3.63, 3.8) is 0 Å². The maximum absolute atomic E-state index is 12.0. The number of rotatable bonds is 10. The zero-order valence-corrected chi connectivity index (χ0v) is 15.2. The summed E-state index contributed by atoms with van der Waals surface area (Å²) in [6.45, 7) is 4.27. The molecule has 0 radical (unpaired) electrons. The number of carbonyl (C=O) groups excluding carboxylic acids is 1. The number of ether oxygens (including phenoxy) is 1. The van der Waals surface area contributed by atoms with Crippen molar-refractivity contribution in [1.29, 1.82) is 5.41 Å². The van der Waals surface area contributed by atoms with Gasteiger partial charge in [-0.15, -0.1) is 0 Å². The summed E-state index contributed by atoms with van der Waals surface area (Å²) in [4.78, 5) is 19.5. The molecule has 0 saturated heterocycles. The number of nitrogens with zero attached hydrogens (tertiary/aromatic N) is 2. The molecule has 7 N–H and O–H groups in total. The third kappa shape index (κ3) is 7.99. The van der Waals surface area contributed by atoms with Crippen LogP contribution in [-0.2, 0) is 4.74 Å². The van der Waals surface area contributed by atoms with Gasteiger partial charge in [0.2, 0.25) is 0 Å². The lowest BCUT2D eigenvalue weighted by atomic mass is 10.2. The highest BCUT2D eigenvalue weighted by molar-refractivity contribution is 6.31. The van der Waals surface area contributed by atoms with Crippen molar-refractivity contribution in [3.8, 4) is 0 Å². The summed E-state index contributed by atoms with van der Waals surface area (Å²) >= 11 is 5.73. The highest BCUT2D eigenvalue weighted by Gasteiger charge is 2.16. The van der Waals surface area contributed by atoms with Gasteiger partial charge in [0, 0.05) is 19.8 Å². The number of carbonyl (C=O) groups is 1. The van der Waals surface area contributed by atoms with Crippen LogP contribution in [0.1, 0.15) is 49.5 Å². The first-order valence-electron chi connectivity index (χ1n) is 8.25. The van der Waals surface area contributed by atoms with Gasteiger partial charge in [0.15, 0.2) is 28.4 Å². The van der Waals surface area contributed by atoms with Crippen LogP contribution in [0.4, 0.5) is 11.6 Å². The van der Waals surface area contributed by atoms with Crippen LogP contribution in [0.15, 0.2) is 0 Å². The first-order chi connectivity index (χ1) is 12.0. The van der Waals surface area contributed by atoms with E-state index >= 15 is 0 Å². The summed E-state index contributed by atoms with van der Waals surface area (Å²) in [6.07, 6.45) is 5.06. The Labute approximate surface area is 152 Å². The molecule has 1 heterocycles. The van der Waals surface area contributed by atoms with Crippen molar-refractivity contribution >= 4 is 35.1 Å². The predicted octanol–water partition coefficient (Wildman–Crippen LogP) is 1.54. The zero-order chi connectivity index (χ0) is 18.7. The molecule has 0 bridgehead atoms. The number of hydrogen-bond acceptors (Lipinski definition) is 7. The van der Waals surface area contributed by atoms with E-state index < -0.39 is 5.91 Å². The molecule has 0 saturated carbocycles. The van der Waals surface area contributed by atoms with Gasteiger partial charge in [-0.05, 0) is 19.3 Å². The molecule has 0 aliphatic heterocycles. The van der Waals surface area contributed by atoms with Crippen molar-refractivity contribution in [2.45, 2.75) is 39.0 Å².